The molecule has 324 valence electrons. The molecule has 0 amide bonds. The number of nitrogen functional groups attached to an aromatic ring is 2. The molecule has 7 rings (SSSR count). The van der Waals surface area contributed by atoms with Crippen molar-refractivity contribution in [3.05, 3.63) is 95.6 Å². The van der Waals surface area contributed by atoms with Gasteiger partial charge in [0.1, 0.15) is 23.4 Å². The predicted molar refractivity (Wildman–Crippen MR) is 248 cm³/mol. The van der Waals surface area contributed by atoms with Crippen molar-refractivity contribution in [2.75, 3.05) is 24.7 Å². The van der Waals surface area contributed by atoms with Crippen molar-refractivity contribution in [2.45, 2.75) is 137 Å². The Bertz CT molecular complexity index is 1930. The number of carbonyl (C=O) groups is 1. The Morgan fingerprint density at radius 2 is 1.52 bits per heavy atom. The number of ether oxygens (including phenoxy) is 3. The Hall–Kier alpha value is -4.19. The maximum Gasteiger partial charge on any atom is 0.185 e. The molecule has 0 spiro atoms. The molecule has 4 N–H and O–H groups in total. The summed E-state index contributed by atoms with van der Waals surface area (Å²) in [4.78, 5) is 13.0. The third-order valence-corrected chi connectivity index (χ3v) is 15.6. The fourth-order valence-corrected chi connectivity index (χ4v) is 12.2. The summed E-state index contributed by atoms with van der Waals surface area (Å²) in [5.74, 6) is 7.52. The number of ketones is 1. The Morgan fingerprint density at radius 1 is 0.783 bits per heavy atom. The maximum atomic E-state index is 13.0. The minimum absolute atomic E-state index is 0.0277. The van der Waals surface area contributed by atoms with Crippen molar-refractivity contribution in [3.63, 3.8) is 0 Å². The fourth-order valence-electron chi connectivity index (χ4n) is 12.2. The third-order valence-electron chi connectivity index (χ3n) is 15.6. The number of carbonyl (C=O) groups excluding carboxylic acids is 1. The normalized spacial score (nSPS) is 27.8. The summed E-state index contributed by atoms with van der Waals surface area (Å²) in [6.07, 6.45) is 25.0. The summed E-state index contributed by atoms with van der Waals surface area (Å²) in [5.41, 5.74) is 17.1. The highest BCUT2D eigenvalue weighted by Gasteiger charge is 2.59. The molecule has 0 saturated heterocycles. The number of nitrogens with two attached hydrogens (primary N) is 2. The van der Waals surface area contributed by atoms with Gasteiger partial charge in [0.2, 0.25) is 0 Å². The van der Waals surface area contributed by atoms with E-state index in [9.17, 15) is 4.79 Å². The second-order valence-corrected chi connectivity index (χ2v) is 20.0. The first-order valence-corrected chi connectivity index (χ1v) is 23.6. The van der Waals surface area contributed by atoms with Crippen molar-refractivity contribution < 1.29 is 19.0 Å². The average Bonchev–Trinajstić information content (AvgIpc) is 3.59. The molecule has 8 atom stereocenters. The minimum Gasteiger partial charge on any atom is -0.494 e. The van der Waals surface area contributed by atoms with E-state index >= 15 is 0 Å². The number of hydrogen-bond acceptors (Lipinski definition) is 6. The zero-order chi connectivity index (χ0) is 42.3. The Morgan fingerprint density at radius 3 is 2.25 bits per heavy atom. The molecule has 4 unspecified atom stereocenters. The van der Waals surface area contributed by atoms with E-state index in [-0.39, 0.29) is 11.9 Å². The van der Waals surface area contributed by atoms with Gasteiger partial charge in [-0.05, 0) is 183 Å². The van der Waals surface area contributed by atoms with Crippen LogP contribution in [0.3, 0.4) is 0 Å². The van der Waals surface area contributed by atoms with Crippen LogP contribution in [0.1, 0.15) is 147 Å². The van der Waals surface area contributed by atoms with Crippen LogP contribution < -0.4 is 25.7 Å². The summed E-state index contributed by atoms with van der Waals surface area (Å²) in [6.45, 7) is 13.9. The monoisotopic (exact) mass is 815 g/mol. The van der Waals surface area contributed by atoms with E-state index < -0.39 is 0 Å². The van der Waals surface area contributed by atoms with Gasteiger partial charge in [-0.3, -0.25) is 4.79 Å². The van der Waals surface area contributed by atoms with Gasteiger partial charge < -0.3 is 25.7 Å². The lowest BCUT2D eigenvalue weighted by molar-refractivity contribution is -0.0559. The third kappa shape index (κ3) is 10.3. The van der Waals surface area contributed by atoms with Crippen molar-refractivity contribution >= 4 is 23.2 Å². The van der Waals surface area contributed by atoms with Crippen molar-refractivity contribution in [1.29, 1.82) is 0 Å². The number of unbranched alkanes of at least 4 members (excludes halogenated alkanes) is 3. The van der Waals surface area contributed by atoms with E-state index in [0.717, 1.165) is 91.1 Å². The molecule has 0 aromatic heterocycles. The molecule has 4 aliphatic carbocycles. The standard InChI is InChI=1S/C54H74N2O4/c1-37(2)11-10-12-38(3)47-25-26-48-46-24-18-41-35-45(29-31-53(41,4)49(46)30-32-54(47,48)5)60-44-20-13-39(14-21-44)15-27-51(57)40-16-22-43(23-17-40)58-33-8-6-7-9-34-59-52-28-19-42(55)36-50(52)56/h13-23,27-28,36-38,45-49H,6-12,24-26,29-35,55-56H2,1-5H3/t38-,45?,46?,47-,48?,49?,53+,54-/m1/s1. The molecule has 6 heteroatoms. The van der Waals surface area contributed by atoms with Gasteiger partial charge in [-0.25, -0.2) is 0 Å². The molecule has 3 aromatic carbocycles. The Balaban J connectivity index is 0.823. The number of anilines is 2. The molecule has 0 bridgehead atoms. The molecular formula is C54H74N2O4. The van der Waals surface area contributed by atoms with Crippen molar-refractivity contribution in [1.82, 2.24) is 0 Å². The lowest BCUT2D eigenvalue weighted by Gasteiger charge is -2.58. The van der Waals surface area contributed by atoms with E-state index in [0.29, 0.717) is 46.7 Å². The molecule has 3 fully saturated rings. The SMILES string of the molecule is CC(C)CCC[C@@H](C)[C@H]1CCC2C3CC=C4CC(Oc5ccc(C=CC(=O)c6ccc(OCCCCCCOc7ccc(N)cc7N)cc6)cc5)CC[C@]4(C)C3CC[C@@]21C. The second kappa shape index (κ2) is 19.7. The number of allylic oxidation sites excluding steroid dienone is 2. The molecule has 6 nitrogen and oxygen atoms in total. The van der Waals surface area contributed by atoms with Gasteiger partial charge >= 0.3 is 0 Å². The van der Waals surface area contributed by atoms with Crippen LogP contribution in [0.15, 0.2) is 84.5 Å². The Kier molecular flexibility index (Phi) is 14.4. The predicted octanol–water partition coefficient (Wildman–Crippen LogP) is 13.6. The van der Waals surface area contributed by atoms with Crippen molar-refractivity contribution in [2.24, 2.45) is 46.3 Å². The first-order chi connectivity index (χ1) is 28.9. The van der Waals surface area contributed by atoms with Crippen LogP contribution in [0.4, 0.5) is 11.4 Å². The van der Waals surface area contributed by atoms with Gasteiger partial charge in [0.25, 0.3) is 0 Å². The summed E-state index contributed by atoms with van der Waals surface area (Å²) < 4.78 is 18.3. The van der Waals surface area contributed by atoms with Gasteiger partial charge in [0, 0.05) is 17.7 Å². The largest absolute Gasteiger partial charge is 0.494 e. The van der Waals surface area contributed by atoms with Gasteiger partial charge in [-0.2, -0.15) is 0 Å². The lowest BCUT2D eigenvalue weighted by atomic mass is 9.47. The molecule has 0 radical (unpaired) electrons. The zero-order valence-electron chi connectivity index (χ0n) is 37.4. The average molecular weight is 815 g/mol. The highest BCUT2D eigenvalue weighted by Crippen LogP contribution is 2.67. The van der Waals surface area contributed by atoms with Crippen LogP contribution in [0.2, 0.25) is 0 Å². The van der Waals surface area contributed by atoms with Gasteiger partial charge in [0.15, 0.2) is 5.78 Å². The van der Waals surface area contributed by atoms with Crippen LogP contribution in [-0.4, -0.2) is 25.1 Å². The number of hydrogen-bond donors (Lipinski definition) is 2. The van der Waals surface area contributed by atoms with Crippen LogP contribution in [0.25, 0.3) is 6.08 Å². The van der Waals surface area contributed by atoms with E-state index in [1.54, 1.807) is 23.8 Å². The van der Waals surface area contributed by atoms with E-state index in [2.05, 4.69) is 65.0 Å². The first kappa shape index (κ1) is 43.9. The van der Waals surface area contributed by atoms with E-state index in [1.807, 2.05) is 36.4 Å². The highest BCUT2D eigenvalue weighted by molar-refractivity contribution is 6.06. The van der Waals surface area contributed by atoms with Gasteiger partial charge in [-0.15, -0.1) is 0 Å². The summed E-state index contributed by atoms with van der Waals surface area (Å²) >= 11 is 0. The van der Waals surface area contributed by atoms with Crippen LogP contribution in [-0.2, 0) is 0 Å². The van der Waals surface area contributed by atoms with Crippen LogP contribution in [0, 0.1) is 46.3 Å². The topological polar surface area (TPSA) is 96.8 Å². The van der Waals surface area contributed by atoms with Crippen LogP contribution in [0.5, 0.6) is 17.2 Å². The quantitative estimate of drug-likeness (QED) is 0.0411. The second-order valence-electron chi connectivity index (χ2n) is 20.0. The van der Waals surface area contributed by atoms with E-state index in [1.165, 1.54) is 57.8 Å². The zero-order valence-corrected chi connectivity index (χ0v) is 37.4. The summed E-state index contributed by atoms with van der Waals surface area (Å²) in [5, 5.41) is 0. The summed E-state index contributed by atoms with van der Waals surface area (Å²) in [6, 6.07) is 21.0. The molecule has 3 saturated carbocycles. The van der Waals surface area contributed by atoms with Crippen LogP contribution >= 0.6 is 0 Å². The molecule has 4 aliphatic rings. The molecule has 0 heterocycles. The van der Waals surface area contributed by atoms with E-state index in [4.69, 9.17) is 25.7 Å². The van der Waals surface area contributed by atoms with Gasteiger partial charge in [0.05, 0.1) is 18.9 Å². The maximum absolute atomic E-state index is 13.0. The number of benzene rings is 3. The minimum atomic E-state index is -0.0277. The lowest BCUT2D eigenvalue weighted by Crippen LogP contribution is -2.51. The number of rotatable bonds is 19. The fraction of sp³-hybridized carbons (Fsp3) is 0.574. The van der Waals surface area contributed by atoms with Crippen molar-refractivity contribution in [3.8, 4) is 17.2 Å². The molecule has 3 aromatic rings. The molecular weight excluding hydrogens is 741 g/mol. The smallest absolute Gasteiger partial charge is 0.185 e. The van der Waals surface area contributed by atoms with Gasteiger partial charge in [-0.1, -0.05) is 83.7 Å². The Labute approximate surface area is 361 Å². The highest BCUT2D eigenvalue weighted by atomic mass is 16.5. The molecule has 0 aliphatic heterocycles. The first-order valence-electron chi connectivity index (χ1n) is 23.6. The molecule has 60 heavy (non-hydrogen) atoms. The number of fused-ring (bicyclic) bond motifs is 5. The summed E-state index contributed by atoms with van der Waals surface area (Å²) in [7, 11) is 0.